The number of carbonyl (C=O) groups excluding carboxylic acids is 2. The minimum absolute atomic E-state index is 0.158. The zero-order chi connectivity index (χ0) is 19.4. The smallest absolute Gasteiger partial charge is 0.252 e. The molecule has 0 spiro atoms. The number of thiocarbonyl (C=S) groups is 1. The number of nitrogens with zero attached hydrogens (tertiary/aromatic N) is 1. The molecule has 1 aliphatic rings. The third kappa shape index (κ3) is 4.76. The molecule has 0 saturated carbocycles. The zero-order valence-electron chi connectivity index (χ0n) is 15.3. The highest BCUT2D eigenvalue weighted by Gasteiger charge is 2.46. The third-order valence-electron chi connectivity index (χ3n) is 4.48. The predicted octanol–water partition coefficient (Wildman–Crippen LogP) is 3.55. The predicted molar refractivity (Wildman–Crippen MR) is 113 cm³/mol. The molecule has 2 amide bonds. The summed E-state index contributed by atoms with van der Waals surface area (Å²) < 4.78 is 0.0377. The highest BCUT2D eigenvalue weighted by Crippen LogP contribution is 2.37. The monoisotopic (exact) mass is 398 g/mol. The van der Waals surface area contributed by atoms with Gasteiger partial charge in [-0.05, 0) is 25.0 Å². The summed E-state index contributed by atoms with van der Waals surface area (Å²) in [6.07, 6.45) is 0.245. The molecule has 2 aromatic carbocycles. The van der Waals surface area contributed by atoms with Gasteiger partial charge in [-0.1, -0.05) is 84.6 Å². The number of thioether (sulfide) groups is 1. The van der Waals surface area contributed by atoms with Crippen LogP contribution in [0.5, 0.6) is 0 Å². The van der Waals surface area contributed by atoms with Crippen molar-refractivity contribution in [3.63, 3.8) is 0 Å². The van der Waals surface area contributed by atoms with Crippen molar-refractivity contribution in [2.24, 2.45) is 0 Å². The maximum Gasteiger partial charge on any atom is 0.252 e. The Bertz CT molecular complexity index is 838. The van der Waals surface area contributed by atoms with Crippen LogP contribution in [0, 0.1) is 0 Å². The maximum absolute atomic E-state index is 13.2. The first-order chi connectivity index (χ1) is 12.9. The fourth-order valence-corrected chi connectivity index (χ4v) is 4.81. The average Bonchev–Trinajstić information content (AvgIpc) is 2.64. The Kier molecular flexibility index (Phi) is 5.97. The van der Waals surface area contributed by atoms with E-state index in [-0.39, 0.29) is 18.2 Å². The molecule has 1 aliphatic heterocycles. The first-order valence-electron chi connectivity index (χ1n) is 8.78. The summed E-state index contributed by atoms with van der Waals surface area (Å²) in [6.45, 7) is 4.29. The topological polar surface area (TPSA) is 49.4 Å². The SMILES string of the molecule is CC1(C)SC(=S)N(Cc2ccccc2)C(=O)C1NC(=O)Cc1ccccc1. The van der Waals surface area contributed by atoms with Gasteiger partial charge in [-0.15, -0.1) is 0 Å². The van der Waals surface area contributed by atoms with Gasteiger partial charge in [0.05, 0.1) is 13.0 Å². The van der Waals surface area contributed by atoms with Crippen LogP contribution >= 0.6 is 24.0 Å². The fourth-order valence-electron chi connectivity index (χ4n) is 3.02. The largest absolute Gasteiger partial charge is 0.343 e. The van der Waals surface area contributed by atoms with Crippen molar-refractivity contribution < 1.29 is 9.59 Å². The van der Waals surface area contributed by atoms with Crippen LogP contribution in [0.25, 0.3) is 0 Å². The molecule has 1 N–H and O–H groups in total. The van der Waals surface area contributed by atoms with Gasteiger partial charge in [0.2, 0.25) is 5.91 Å². The lowest BCUT2D eigenvalue weighted by atomic mass is 10.00. The van der Waals surface area contributed by atoms with Crippen LogP contribution in [-0.2, 0) is 22.6 Å². The molecule has 4 nitrogen and oxygen atoms in total. The number of benzene rings is 2. The lowest BCUT2D eigenvalue weighted by Gasteiger charge is -2.42. The van der Waals surface area contributed by atoms with Crippen molar-refractivity contribution in [2.45, 2.75) is 37.6 Å². The molecule has 0 aromatic heterocycles. The first-order valence-corrected chi connectivity index (χ1v) is 10.0. The quantitative estimate of drug-likeness (QED) is 0.783. The fraction of sp³-hybridized carbons (Fsp3) is 0.286. The summed E-state index contributed by atoms with van der Waals surface area (Å²) in [7, 11) is 0. The van der Waals surface area contributed by atoms with Crippen LogP contribution < -0.4 is 5.32 Å². The summed E-state index contributed by atoms with van der Waals surface area (Å²) >= 11 is 6.93. The van der Waals surface area contributed by atoms with E-state index < -0.39 is 10.8 Å². The molecule has 0 aliphatic carbocycles. The molecule has 1 saturated heterocycles. The summed E-state index contributed by atoms with van der Waals surface area (Å²) in [5.41, 5.74) is 1.92. The van der Waals surface area contributed by atoms with Gasteiger partial charge < -0.3 is 5.32 Å². The van der Waals surface area contributed by atoms with Crippen LogP contribution in [-0.4, -0.2) is 31.8 Å². The van der Waals surface area contributed by atoms with Gasteiger partial charge in [0, 0.05) is 4.75 Å². The van der Waals surface area contributed by atoms with Gasteiger partial charge in [0.1, 0.15) is 10.4 Å². The highest BCUT2D eigenvalue weighted by molar-refractivity contribution is 8.24. The van der Waals surface area contributed by atoms with Crippen LogP contribution in [0.3, 0.4) is 0 Å². The van der Waals surface area contributed by atoms with E-state index in [4.69, 9.17) is 12.2 Å². The second-order valence-corrected chi connectivity index (χ2v) is 9.33. The van der Waals surface area contributed by atoms with Crippen LogP contribution in [0.15, 0.2) is 60.7 Å². The Morgan fingerprint density at radius 2 is 1.63 bits per heavy atom. The van der Waals surface area contributed by atoms with Gasteiger partial charge >= 0.3 is 0 Å². The van der Waals surface area contributed by atoms with Crippen LogP contribution in [0.2, 0.25) is 0 Å². The summed E-state index contributed by atoms with van der Waals surface area (Å²) in [6, 6.07) is 18.6. The number of amides is 2. The van der Waals surface area contributed by atoms with E-state index in [1.807, 2.05) is 74.5 Å². The van der Waals surface area contributed by atoms with Gasteiger partial charge in [-0.25, -0.2) is 0 Å². The van der Waals surface area contributed by atoms with Crippen molar-refractivity contribution in [1.82, 2.24) is 10.2 Å². The lowest BCUT2D eigenvalue weighted by molar-refractivity contribution is -0.134. The van der Waals surface area contributed by atoms with Crippen molar-refractivity contribution in [2.75, 3.05) is 0 Å². The Balaban J connectivity index is 1.74. The van der Waals surface area contributed by atoms with E-state index >= 15 is 0 Å². The average molecular weight is 399 g/mol. The van der Waals surface area contributed by atoms with Crippen molar-refractivity contribution >= 4 is 40.1 Å². The number of carbonyl (C=O) groups is 2. The number of hydrogen-bond acceptors (Lipinski definition) is 4. The Labute approximate surface area is 169 Å². The van der Waals surface area contributed by atoms with Gasteiger partial charge in [0.15, 0.2) is 0 Å². The Hall–Kier alpha value is -2.18. The lowest BCUT2D eigenvalue weighted by Crippen LogP contribution is -2.62. The van der Waals surface area contributed by atoms with Gasteiger partial charge in [-0.3, -0.25) is 14.5 Å². The van der Waals surface area contributed by atoms with Crippen molar-refractivity contribution in [3.8, 4) is 0 Å². The molecule has 140 valence electrons. The van der Waals surface area contributed by atoms with E-state index in [9.17, 15) is 9.59 Å². The molecule has 6 heteroatoms. The third-order valence-corrected chi connectivity index (χ3v) is 6.10. The molecule has 1 fully saturated rings. The molecule has 0 bridgehead atoms. The standard InChI is InChI=1S/C21H22N2O2S2/c1-21(2)18(22-17(24)13-15-9-5-3-6-10-15)19(25)23(20(26)27-21)14-16-11-7-4-8-12-16/h3-12,18H,13-14H2,1-2H3,(H,22,24). The van der Waals surface area contributed by atoms with Crippen LogP contribution in [0.4, 0.5) is 0 Å². The van der Waals surface area contributed by atoms with E-state index in [2.05, 4.69) is 5.32 Å². The first kappa shape index (κ1) is 19.6. The molecule has 1 unspecified atom stereocenters. The molecule has 3 rings (SSSR count). The Morgan fingerprint density at radius 3 is 2.22 bits per heavy atom. The van der Waals surface area contributed by atoms with Crippen molar-refractivity contribution in [1.29, 1.82) is 0 Å². The molecule has 27 heavy (non-hydrogen) atoms. The second-order valence-electron chi connectivity index (χ2n) is 7.04. The van der Waals surface area contributed by atoms with Crippen LogP contribution in [0.1, 0.15) is 25.0 Å². The van der Waals surface area contributed by atoms with E-state index in [0.29, 0.717) is 10.9 Å². The maximum atomic E-state index is 13.2. The molecule has 2 aromatic rings. The van der Waals surface area contributed by atoms with E-state index in [1.165, 1.54) is 11.8 Å². The number of nitrogens with one attached hydrogen (secondary N) is 1. The molecule has 1 atom stereocenters. The number of rotatable bonds is 5. The van der Waals surface area contributed by atoms with Gasteiger partial charge in [-0.2, -0.15) is 0 Å². The molecular weight excluding hydrogens is 376 g/mol. The van der Waals surface area contributed by atoms with E-state index in [1.54, 1.807) is 4.90 Å². The summed E-state index contributed by atoms with van der Waals surface area (Å²) in [5, 5.41) is 2.93. The molecular formula is C21H22N2O2S2. The van der Waals surface area contributed by atoms with E-state index in [0.717, 1.165) is 11.1 Å². The summed E-state index contributed by atoms with van der Waals surface area (Å²) in [4.78, 5) is 27.3. The summed E-state index contributed by atoms with van der Waals surface area (Å²) in [5.74, 6) is -0.324. The zero-order valence-corrected chi connectivity index (χ0v) is 17.0. The minimum Gasteiger partial charge on any atom is -0.343 e. The highest BCUT2D eigenvalue weighted by atomic mass is 32.2. The Morgan fingerprint density at radius 1 is 1.07 bits per heavy atom. The molecule has 0 radical (unpaired) electrons. The van der Waals surface area contributed by atoms with Gasteiger partial charge in [0.25, 0.3) is 5.91 Å². The minimum atomic E-state index is -0.630. The molecule has 1 heterocycles. The van der Waals surface area contributed by atoms with Crippen molar-refractivity contribution in [3.05, 3.63) is 71.8 Å². The second kappa shape index (κ2) is 8.23. The normalized spacial score (nSPS) is 19.0. The number of hydrogen-bond donors (Lipinski definition) is 1.